The minimum atomic E-state index is -3.84. The zero-order valence-electron chi connectivity index (χ0n) is 10.9. The zero-order valence-corrected chi connectivity index (χ0v) is 13.3. The van der Waals surface area contributed by atoms with Crippen LogP contribution in [0.3, 0.4) is 0 Å². The molecule has 3 N–H and O–H groups in total. The van der Waals surface area contributed by atoms with Crippen LogP contribution >= 0.6 is 15.9 Å². The molecule has 2 atom stereocenters. The lowest BCUT2D eigenvalue weighted by molar-refractivity contribution is 0.0605. The van der Waals surface area contributed by atoms with Crippen LogP contribution in [-0.4, -0.2) is 37.0 Å². The number of hydrogen-bond donors (Lipinski definition) is 2. The van der Waals surface area contributed by atoms with E-state index < -0.39 is 21.9 Å². The lowest BCUT2D eigenvalue weighted by Crippen LogP contribution is -2.45. The SMILES string of the molecule is CC1CCN(S(=O)(=O)c2cc(Br)c(F)cc2N)CC1O. The fourth-order valence-corrected chi connectivity index (χ4v) is 4.24. The average Bonchev–Trinajstić information content (AvgIpc) is 2.36. The van der Waals surface area contributed by atoms with Crippen molar-refractivity contribution in [3.05, 3.63) is 22.4 Å². The highest BCUT2D eigenvalue weighted by atomic mass is 79.9. The van der Waals surface area contributed by atoms with Crippen molar-refractivity contribution >= 4 is 31.6 Å². The molecule has 1 heterocycles. The Hall–Kier alpha value is -0.700. The van der Waals surface area contributed by atoms with Crippen molar-refractivity contribution in [3.63, 3.8) is 0 Å². The van der Waals surface area contributed by atoms with Crippen LogP contribution in [0.5, 0.6) is 0 Å². The standard InChI is InChI=1S/C12H16BrFN2O3S/c1-7-2-3-16(6-11(7)17)20(18,19)12-4-8(13)9(14)5-10(12)15/h4-5,7,11,17H,2-3,6,15H2,1H3. The van der Waals surface area contributed by atoms with E-state index in [2.05, 4.69) is 15.9 Å². The molecule has 2 unspecified atom stereocenters. The minimum Gasteiger partial charge on any atom is -0.398 e. The molecule has 0 spiro atoms. The second-order valence-electron chi connectivity index (χ2n) is 5.00. The summed E-state index contributed by atoms with van der Waals surface area (Å²) in [6.07, 6.45) is -0.133. The highest BCUT2D eigenvalue weighted by molar-refractivity contribution is 9.10. The maximum atomic E-state index is 13.3. The van der Waals surface area contributed by atoms with Crippen molar-refractivity contribution < 1.29 is 17.9 Å². The van der Waals surface area contributed by atoms with Crippen LogP contribution in [-0.2, 0) is 10.0 Å². The number of hydrogen-bond acceptors (Lipinski definition) is 4. The molecule has 1 aromatic rings. The van der Waals surface area contributed by atoms with Gasteiger partial charge in [0.15, 0.2) is 0 Å². The number of sulfonamides is 1. The van der Waals surface area contributed by atoms with Crippen molar-refractivity contribution in [3.8, 4) is 0 Å². The van der Waals surface area contributed by atoms with Crippen LogP contribution in [0.4, 0.5) is 10.1 Å². The quantitative estimate of drug-likeness (QED) is 0.778. The summed E-state index contributed by atoms with van der Waals surface area (Å²) in [5, 5.41) is 9.82. The van der Waals surface area contributed by atoms with Crippen LogP contribution < -0.4 is 5.73 Å². The summed E-state index contributed by atoms with van der Waals surface area (Å²) in [5.74, 6) is -0.562. The number of aliphatic hydroxyl groups excluding tert-OH is 1. The smallest absolute Gasteiger partial charge is 0.245 e. The monoisotopic (exact) mass is 366 g/mol. The first-order valence-electron chi connectivity index (χ1n) is 6.16. The molecular formula is C12H16BrFN2O3S. The molecule has 0 saturated carbocycles. The lowest BCUT2D eigenvalue weighted by Gasteiger charge is -2.33. The minimum absolute atomic E-state index is 0.0257. The van der Waals surface area contributed by atoms with Crippen molar-refractivity contribution in [2.45, 2.75) is 24.3 Å². The molecule has 1 fully saturated rings. The van der Waals surface area contributed by atoms with Crippen LogP contribution in [0.15, 0.2) is 21.5 Å². The summed E-state index contributed by atoms with van der Waals surface area (Å²) in [4.78, 5) is -0.146. The second-order valence-corrected chi connectivity index (χ2v) is 7.76. The van der Waals surface area contributed by atoms with Crippen LogP contribution in [0.25, 0.3) is 0 Å². The Morgan fingerprint density at radius 1 is 1.50 bits per heavy atom. The summed E-state index contributed by atoms with van der Waals surface area (Å²) in [5.41, 5.74) is 5.48. The number of nitrogen functional groups attached to an aromatic ring is 1. The first-order chi connectivity index (χ1) is 9.23. The molecule has 0 aromatic heterocycles. The van der Waals surface area contributed by atoms with Gasteiger partial charge in [-0.1, -0.05) is 6.92 Å². The molecule has 0 radical (unpaired) electrons. The Morgan fingerprint density at radius 2 is 2.15 bits per heavy atom. The van der Waals surface area contributed by atoms with Gasteiger partial charge in [-0.15, -0.1) is 0 Å². The molecule has 1 aromatic carbocycles. The number of anilines is 1. The number of nitrogens with zero attached hydrogens (tertiary/aromatic N) is 1. The maximum absolute atomic E-state index is 13.3. The third-order valence-electron chi connectivity index (χ3n) is 3.55. The molecule has 5 nitrogen and oxygen atoms in total. The van der Waals surface area contributed by atoms with Crippen LogP contribution in [0.1, 0.15) is 13.3 Å². The third-order valence-corrected chi connectivity index (χ3v) is 6.08. The molecule has 1 aliphatic rings. The van der Waals surface area contributed by atoms with E-state index in [0.29, 0.717) is 13.0 Å². The predicted octanol–water partition coefficient (Wildman–Crippen LogP) is 1.56. The Balaban J connectivity index is 2.38. The molecule has 1 aliphatic heterocycles. The van der Waals surface area contributed by atoms with Gasteiger partial charge in [0.1, 0.15) is 10.7 Å². The third kappa shape index (κ3) is 2.83. The van der Waals surface area contributed by atoms with Gasteiger partial charge in [0, 0.05) is 13.1 Å². The topological polar surface area (TPSA) is 83.6 Å². The zero-order chi connectivity index (χ0) is 15.1. The number of rotatable bonds is 2. The van der Waals surface area contributed by atoms with E-state index in [1.54, 1.807) is 0 Å². The summed E-state index contributed by atoms with van der Waals surface area (Å²) >= 11 is 2.96. The maximum Gasteiger partial charge on any atom is 0.245 e. The number of aliphatic hydroxyl groups is 1. The van der Waals surface area contributed by atoms with E-state index in [9.17, 15) is 17.9 Å². The van der Waals surface area contributed by atoms with E-state index in [-0.39, 0.29) is 27.5 Å². The summed E-state index contributed by atoms with van der Waals surface area (Å²) < 4.78 is 39.6. The molecule has 0 aliphatic carbocycles. The highest BCUT2D eigenvalue weighted by Gasteiger charge is 2.34. The van der Waals surface area contributed by atoms with Gasteiger partial charge in [0.2, 0.25) is 10.0 Å². The Labute approximate surface area is 125 Å². The largest absolute Gasteiger partial charge is 0.398 e. The van der Waals surface area contributed by atoms with E-state index in [1.807, 2.05) is 6.92 Å². The number of benzene rings is 1. The molecule has 20 heavy (non-hydrogen) atoms. The molecule has 112 valence electrons. The average molecular weight is 367 g/mol. The Morgan fingerprint density at radius 3 is 2.75 bits per heavy atom. The Kier molecular flexibility index (Phi) is 4.38. The molecule has 0 bridgehead atoms. The summed E-state index contributed by atoms with van der Waals surface area (Å²) in [7, 11) is -3.84. The van der Waals surface area contributed by atoms with Gasteiger partial charge >= 0.3 is 0 Å². The van der Waals surface area contributed by atoms with Crippen molar-refractivity contribution in [1.82, 2.24) is 4.31 Å². The highest BCUT2D eigenvalue weighted by Crippen LogP contribution is 2.30. The van der Waals surface area contributed by atoms with Gasteiger partial charge in [-0.05, 0) is 40.4 Å². The first-order valence-corrected chi connectivity index (χ1v) is 8.39. The summed E-state index contributed by atoms with van der Waals surface area (Å²) in [6, 6.07) is 2.13. The van der Waals surface area contributed by atoms with Crippen molar-refractivity contribution in [1.29, 1.82) is 0 Å². The number of nitrogens with two attached hydrogens (primary N) is 1. The lowest BCUT2D eigenvalue weighted by atomic mass is 9.98. The first kappa shape index (κ1) is 15.7. The van der Waals surface area contributed by atoms with Crippen molar-refractivity contribution in [2.24, 2.45) is 5.92 Å². The van der Waals surface area contributed by atoms with Crippen LogP contribution in [0.2, 0.25) is 0 Å². The van der Waals surface area contributed by atoms with Gasteiger partial charge in [0.25, 0.3) is 0 Å². The van der Waals surface area contributed by atoms with E-state index in [0.717, 1.165) is 12.1 Å². The molecule has 1 saturated heterocycles. The Bertz CT molecular complexity index is 623. The molecule has 8 heteroatoms. The molecule has 0 amide bonds. The van der Waals surface area contributed by atoms with Gasteiger partial charge in [-0.25, -0.2) is 12.8 Å². The fraction of sp³-hybridized carbons (Fsp3) is 0.500. The normalized spacial score (nSPS) is 24.8. The second kappa shape index (κ2) is 5.59. The van der Waals surface area contributed by atoms with Gasteiger partial charge in [-0.3, -0.25) is 0 Å². The van der Waals surface area contributed by atoms with Crippen LogP contribution in [0, 0.1) is 11.7 Å². The molecule has 2 rings (SSSR count). The predicted molar refractivity (Wildman–Crippen MR) is 77.1 cm³/mol. The van der Waals surface area contributed by atoms with Gasteiger partial charge < -0.3 is 10.8 Å². The van der Waals surface area contributed by atoms with Crippen molar-refractivity contribution in [2.75, 3.05) is 18.8 Å². The van der Waals surface area contributed by atoms with Gasteiger partial charge in [0.05, 0.1) is 16.3 Å². The van der Waals surface area contributed by atoms with Gasteiger partial charge in [-0.2, -0.15) is 4.31 Å². The summed E-state index contributed by atoms with van der Waals surface area (Å²) in [6.45, 7) is 2.21. The van der Waals surface area contributed by atoms with E-state index >= 15 is 0 Å². The number of halogens is 2. The fourth-order valence-electron chi connectivity index (χ4n) is 2.14. The number of piperidine rings is 1. The molecular weight excluding hydrogens is 351 g/mol. The number of β-amino-alcohol motifs (C(OH)–C–C–N with tert-alkyl or cyclic N) is 1. The van der Waals surface area contributed by atoms with E-state index in [1.165, 1.54) is 4.31 Å². The van der Waals surface area contributed by atoms with E-state index in [4.69, 9.17) is 5.73 Å².